The zero-order valence-corrected chi connectivity index (χ0v) is 17.8. The van der Waals surface area contributed by atoms with Crippen LogP contribution in [0.3, 0.4) is 0 Å². The van der Waals surface area contributed by atoms with Crippen LogP contribution in [0, 0.1) is 11.3 Å². The number of nitriles is 1. The minimum atomic E-state index is 0.192. The van der Waals surface area contributed by atoms with Gasteiger partial charge in [0.1, 0.15) is 11.8 Å². The Balaban J connectivity index is 1.53. The highest BCUT2D eigenvalue weighted by Crippen LogP contribution is 2.25. The Morgan fingerprint density at radius 2 is 1.94 bits per heavy atom. The lowest BCUT2D eigenvalue weighted by atomic mass is 10.2. The third-order valence-corrected chi connectivity index (χ3v) is 5.13. The molecule has 4 aromatic heterocycles. The van der Waals surface area contributed by atoms with E-state index in [4.69, 9.17) is 10.00 Å². The monoisotopic (exact) mass is 430 g/mol. The first-order chi connectivity index (χ1) is 15.6. The maximum atomic E-state index is 9.10. The Labute approximate surface area is 184 Å². The summed E-state index contributed by atoms with van der Waals surface area (Å²) in [4.78, 5) is 11.2. The first-order valence-corrected chi connectivity index (χ1v) is 10.4. The van der Waals surface area contributed by atoms with Gasteiger partial charge in [0.05, 0.1) is 43.1 Å². The number of fused-ring (bicyclic) bond motifs is 1. The van der Waals surface area contributed by atoms with Gasteiger partial charge < -0.3 is 15.0 Å². The highest BCUT2D eigenvalue weighted by atomic mass is 16.5. The summed E-state index contributed by atoms with van der Waals surface area (Å²) in [5.41, 5.74) is 2.76. The first kappa shape index (κ1) is 19.9. The number of aromatic nitrogens is 7. The lowest BCUT2D eigenvalue weighted by Gasteiger charge is -2.25. The molecular weight excluding hydrogens is 408 g/mol. The zero-order valence-electron chi connectivity index (χ0n) is 17.8. The van der Waals surface area contributed by atoms with Gasteiger partial charge in [-0.05, 0) is 19.9 Å². The molecule has 5 rings (SSSR count). The summed E-state index contributed by atoms with van der Waals surface area (Å²) in [6.07, 6.45) is 6.86. The minimum absolute atomic E-state index is 0.192. The molecule has 0 bridgehead atoms. The maximum absolute atomic E-state index is 9.10. The van der Waals surface area contributed by atoms with Gasteiger partial charge in [0, 0.05) is 36.8 Å². The molecule has 0 amide bonds. The molecule has 5 heterocycles. The fourth-order valence-corrected chi connectivity index (χ4v) is 3.62. The quantitative estimate of drug-likeness (QED) is 0.506. The van der Waals surface area contributed by atoms with E-state index in [-0.39, 0.29) is 6.04 Å². The molecule has 0 saturated carbocycles. The van der Waals surface area contributed by atoms with E-state index >= 15 is 0 Å². The van der Waals surface area contributed by atoms with E-state index in [1.54, 1.807) is 27.8 Å². The molecule has 0 aliphatic carbocycles. The van der Waals surface area contributed by atoms with E-state index in [1.165, 1.54) is 6.20 Å². The van der Waals surface area contributed by atoms with Crippen molar-refractivity contribution in [1.82, 2.24) is 34.7 Å². The second kappa shape index (κ2) is 8.24. The van der Waals surface area contributed by atoms with Gasteiger partial charge in [0.2, 0.25) is 0 Å². The second-order valence-electron chi connectivity index (χ2n) is 7.78. The Bertz CT molecular complexity index is 1300. The van der Waals surface area contributed by atoms with E-state index in [0.717, 1.165) is 35.7 Å². The third kappa shape index (κ3) is 3.72. The van der Waals surface area contributed by atoms with Crippen LogP contribution in [-0.4, -0.2) is 67.1 Å². The van der Waals surface area contributed by atoms with E-state index in [2.05, 4.69) is 55.5 Å². The van der Waals surface area contributed by atoms with Crippen LogP contribution in [0.1, 0.15) is 19.4 Å². The van der Waals surface area contributed by atoms with Crippen LogP contribution in [0.15, 0.2) is 36.9 Å². The van der Waals surface area contributed by atoms with Gasteiger partial charge in [0.15, 0.2) is 17.3 Å². The number of anilines is 2. The molecule has 1 saturated heterocycles. The second-order valence-corrected chi connectivity index (χ2v) is 7.78. The third-order valence-electron chi connectivity index (χ3n) is 5.13. The van der Waals surface area contributed by atoms with Crippen molar-refractivity contribution < 1.29 is 4.74 Å². The molecular formula is C21H22N10O. The van der Waals surface area contributed by atoms with Crippen molar-refractivity contribution in [2.24, 2.45) is 0 Å². The van der Waals surface area contributed by atoms with Crippen LogP contribution < -0.4 is 10.2 Å². The van der Waals surface area contributed by atoms with E-state index in [0.29, 0.717) is 30.2 Å². The summed E-state index contributed by atoms with van der Waals surface area (Å²) >= 11 is 0. The predicted octanol–water partition coefficient (Wildman–Crippen LogP) is 1.92. The Hall–Kier alpha value is -4.04. The number of rotatable bonds is 5. The number of nitrogens with zero attached hydrogens (tertiary/aromatic N) is 9. The summed E-state index contributed by atoms with van der Waals surface area (Å²) in [6, 6.07) is 5.96. The molecule has 1 N–H and O–H groups in total. The van der Waals surface area contributed by atoms with E-state index in [9.17, 15) is 0 Å². The van der Waals surface area contributed by atoms with Gasteiger partial charge >= 0.3 is 0 Å². The topological polar surface area (TPSA) is 123 Å². The van der Waals surface area contributed by atoms with Crippen LogP contribution in [0.25, 0.3) is 22.5 Å². The Morgan fingerprint density at radius 1 is 1.09 bits per heavy atom. The summed E-state index contributed by atoms with van der Waals surface area (Å²) in [6.45, 7) is 7.09. The fourth-order valence-electron chi connectivity index (χ4n) is 3.62. The van der Waals surface area contributed by atoms with Gasteiger partial charge in [-0.2, -0.15) is 15.0 Å². The van der Waals surface area contributed by atoms with Crippen molar-refractivity contribution in [3.63, 3.8) is 0 Å². The number of nitrogens with one attached hydrogen (secondary N) is 1. The number of hydrogen-bond acceptors (Lipinski definition) is 9. The Kier molecular flexibility index (Phi) is 5.12. The molecule has 1 aliphatic rings. The van der Waals surface area contributed by atoms with Gasteiger partial charge in [0.25, 0.3) is 0 Å². The summed E-state index contributed by atoms with van der Waals surface area (Å²) < 4.78 is 8.81. The summed E-state index contributed by atoms with van der Waals surface area (Å²) in [5, 5.41) is 26.4. The van der Waals surface area contributed by atoms with Crippen LogP contribution in [0.4, 0.5) is 11.5 Å². The van der Waals surface area contributed by atoms with Crippen molar-refractivity contribution in [2.75, 3.05) is 36.5 Å². The molecule has 11 nitrogen and oxygen atoms in total. The summed E-state index contributed by atoms with van der Waals surface area (Å²) in [5.74, 6) is 1.42. The summed E-state index contributed by atoms with van der Waals surface area (Å²) in [7, 11) is 0. The van der Waals surface area contributed by atoms with Crippen molar-refractivity contribution in [1.29, 1.82) is 5.26 Å². The van der Waals surface area contributed by atoms with Gasteiger partial charge in [-0.15, -0.1) is 5.10 Å². The predicted molar refractivity (Wildman–Crippen MR) is 118 cm³/mol. The highest BCUT2D eigenvalue weighted by Gasteiger charge is 2.18. The lowest BCUT2D eigenvalue weighted by molar-refractivity contribution is 0.122. The smallest absolute Gasteiger partial charge is 0.171 e. The van der Waals surface area contributed by atoms with Gasteiger partial charge in [-0.25, -0.2) is 14.6 Å². The normalized spacial score (nSPS) is 14.1. The van der Waals surface area contributed by atoms with E-state index in [1.807, 2.05) is 12.3 Å². The standard InChI is InChI=1S/C21H22N10O/c1-14(2)26-17-8-19(31-21-16(11-25-31)7-15(9-22)10-24-21)23-12-18(17)30-13-20(27-28-30)29-3-5-32-6-4-29/h7-8,10-14H,3-6H2,1-2H3,(H,23,26). The average Bonchev–Trinajstić information content (AvgIpc) is 3.46. The molecule has 11 heteroatoms. The molecule has 0 spiro atoms. The van der Waals surface area contributed by atoms with Crippen LogP contribution in [0.2, 0.25) is 0 Å². The molecule has 162 valence electrons. The van der Waals surface area contributed by atoms with E-state index < -0.39 is 0 Å². The largest absolute Gasteiger partial charge is 0.381 e. The lowest BCUT2D eigenvalue weighted by Crippen LogP contribution is -2.36. The molecule has 32 heavy (non-hydrogen) atoms. The molecule has 1 fully saturated rings. The maximum Gasteiger partial charge on any atom is 0.171 e. The molecule has 0 atom stereocenters. The molecule has 0 unspecified atom stereocenters. The van der Waals surface area contributed by atoms with Crippen molar-refractivity contribution >= 4 is 22.5 Å². The SMILES string of the molecule is CC(C)Nc1cc(-n2ncc3cc(C#N)cnc32)ncc1-n1cc(N2CCOCC2)nn1. The molecule has 1 aliphatic heterocycles. The van der Waals surface area contributed by atoms with Crippen molar-refractivity contribution in [3.8, 4) is 17.6 Å². The van der Waals surface area contributed by atoms with Gasteiger partial charge in [-0.1, -0.05) is 5.21 Å². The number of pyridine rings is 2. The molecule has 0 aromatic carbocycles. The minimum Gasteiger partial charge on any atom is -0.381 e. The van der Waals surface area contributed by atoms with Crippen molar-refractivity contribution in [2.45, 2.75) is 19.9 Å². The van der Waals surface area contributed by atoms with Crippen LogP contribution in [-0.2, 0) is 4.74 Å². The molecule has 0 radical (unpaired) electrons. The van der Waals surface area contributed by atoms with Gasteiger partial charge in [-0.3, -0.25) is 0 Å². The molecule has 4 aromatic rings. The first-order valence-electron chi connectivity index (χ1n) is 10.4. The number of ether oxygens (including phenoxy) is 1. The number of morpholine rings is 1. The highest BCUT2D eigenvalue weighted by molar-refractivity contribution is 5.77. The van der Waals surface area contributed by atoms with Crippen molar-refractivity contribution in [3.05, 3.63) is 42.5 Å². The number of hydrogen-bond donors (Lipinski definition) is 1. The Morgan fingerprint density at radius 3 is 2.72 bits per heavy atom. The zero-order chi connectivity index (χ0) is 22.1. The fraction of sp³-hybridized carbons (Fsp3) is 0.333. The van der Waals surface area contributed by atoms with Crippen LogP contribution >= 0.6 is 0 Å². The average molecular weight is 430 g/mol. The van der Waals surface area contributed by atoms with Crippen LogP contribution in [0.5, 0.6) is 0 Å².